The topological polar surface area (TPSA) is 26.3 Å². The Morgan fingerprint density at radius 3 is 1.44 bits per heavy atom. The Bertz CT molecular complexity index is 437. The van der Waals surface area contributed by atoms with E-state index in [2.05, 4.69) is 31.7 Å². The second-order valence-electron chi connectivity index (χ2n) is 8.39. The molecule has 0 amide bonds. The number of halogens is 5. The number of carbonyl (C=O) groups is 1. The van der Waals surface area contributed by atoms with Crippen molar-refractivity contribution < 1.29 is 68.6 Å². The van der Waals surface area contributed by atoms with Crippen molar-refractivity contribution in [3.8, 4) is 0 Å². The summed E-state index contributed by atoms with van der Waals surface area (Å²) in [5.74, 6) is 0.537. The van der Waals surface area contributed by atoms with Crippen molar-refractivity contribution in [2.75, 3.05) is 12.4 Å². The van der Waals surface area contributed by atoms with Crippen LogP contribution in [0.25, 0.3) is 0 Å². The van der Waals surface area contributed by atoms with Gasteiger partial charge in [-0.2, -0.15) is 12.6 Å². The summed E-state index contributed by atoms with van der Waals surface area (Å²) in [5.41, 5.74) is 0. The minimum absolute atomic E-state index is 0. The van der Waals surface area contributed by atoms with Gasteiger partial charge in [-0.25, -0.2) is 0 Å². The molecule has 0 radical (unpaired) electrons. The number of unbranched alkanes of at least 4 members (excludes halogenated alkanes) is 11. The van der Waals surface area contributed by atoms with Crippen molar-refractivity contribution in [3.63, 3.8) is 0 Å². The smallest absolute Gasteiger partial charge is 1.00 e. The molecule has 0 aromatic carbocycles. The zero-order chi connectivity index (χ0) is 26.0. The summed E-state index contributed by atoms with van der Waals surface area (Å²) < 4.78 is 4.99. The molecular weight excluding hydrogens is 833 g/mol. The summed E-state index contributed by atoms with van der Waals surface area (Å²) in [6.07, 6.45) is 21.9. The molecule has 13 heteroatoms. The van der Waals surface area contributed by atoms with Crippen LogP contribution in [0.1, 0.15) is 96.8 Å². The van der Waals surface area contributed by atoms with E-state index in [-0.39, 0.29) is 78.6 Å². The van der Waals surface area contributed by atoms with Gasteiger partial charge in [0.2, 0.25) is 0 Å². The first kappa shape index (κ1) is 53.5. The van der Waals surface area contributed by atoms with Crippen molar-refractivity contribution in [1.82, 2.24) is 0 Å². The number of rotatable bonds is 17. The predicted molar refractivity (Wildman–Crippen MR) is 170 cm³/mol. The predicted octanol–water partition coefficient (Wildman–Crippen LogP) is 4.94. The molecule has 0 fully saturated rings. The Hall–Kier alpha value is 4.96. The summed E-state index contributed by atoms with van der Waals surface area (Å²) in [6, 6.07) is 0. The fraction of sp³-hybridized carbons (Fsp3) is 0.870. The van der Waals surface area contributed by atoms with Gasteiger partial charge in [0.25, 0.3) is 0 Å². The van der Waals surface area contributed by atoms with Gasteiger partial charge in [0, 0.05) is 12.2 Å². The fourth-order valence-electron chi connectivity index (χ4n) is 2.57. The zero-order valence-corrected chi connectivity index (χ0v) is 38.7. The number of ether oxygens (including phenoxy) is 1. The molecule has 0 saturated heterocycles. The molecule has 0 aromatic heterocycles. The molecule has 208 valence electrons. The number of allylic oxidation sites excluding steroid dienone is 2. The molecule has 0 rings (SSSR count). The maximum Gasteiger partial charge on any atom is 1.00 e. The maximum absolute atomic E-state index is 11.3. The fourth-order valence-corrected chi connectivity index (χ4v) is 2.66. The molecule has 0 unspecified atom stereocenters. The third-order valence-electron chi connectivity index (χ3n) is 4.00. The van der Waals surface area contributed by atoms with Crippen LogP contribution in [0.4, 0.5) is 0 Å². The second-order valence-corrected chi connectivity index (χ2v) is 54.0. The third-order valence-corrected chi connectivity index (χ3v) is 4.18. The van der Waals surface area contributed by atoms with Gasteiger partial charge in [0.15, 0.2) is 0 Å². The Morgan fingerprint density at radius 2 is 1.08 bits per heavy atom. The number of thiol groups is 1. The van der Waals surface area contributed by atoms with Crippen molar-refractivity contribution in [2.24, 2.45) is 0 Å². The van der Waals surface area contributed by atoms with Crippen LogP contribution in [0.5, 0.6) is 0 Å². The molecule has 0 aromatic rings. The van der Waals surface area contributed by atoms with Gasteiger partial charge >= 0.3 is 156 Å². The van der Waals surface area contributed by atoms with E-state index in [0.29, 0.717) is 18.8 Å². The van der Waals surface area contributed by atoms with Gasteiger partial charge in [0.05, 0.1) is 0 Å². The monoisotopic (exact) mass is 880 g/mol. The van der Waals surface area contributed by atoms with Crippen molar-refractivity contribution >= 4 is 108 Å². The van der Waals surface area contributed by atoms with E-state index in [1.807, 2.05) is 9.88 Å². The molecule has 0 aliphatic carbocycles. The molecule has 0 aliphatic rings. The van der Waals surface area contributed by atoms with Gasteiger partial charge in [-0.3, -0.25) is 4.79 Å². The second kappa shape index (κ2) is 40.0. The molecule has 0 saturated carbocycles. The quantitative estimate of drug-likeness (QED) is 0.0738. The summed E-state index contributed by atoms with van der Waals surface area (Å²) in [6.45, 7) is 2.70. The van der Waals surface area contributed by atoms with Crippen LogP contribution in [0, 0.1) is 0 Å². The maximum atomic E-state index is 11.3. The van der Waals surface area contributed by atoms with E-state index in [4.69, 9.17) is 49.3 Å². The minimum atomic E-state index is -2.76. The third kappa shape index (κ3) is 83.3. The first-order chi connectivity index (χ1) is 15.3. The van der Waals surface area contributed by atoms with Crippen LogP contribution in [-0.4, -0.2) is 49.4 Å². The number of hydrogen-bond acceptors (Lipinski definition) is 3. The SMILES string of the molecule is CCCCCCCC/C=C\CCCCCCCC(=O)OCCS.[CH3][Sn]([CH3])([Cl])[Cl].[CH3][Sn]([Cl])([Cl])[Cl].[Na+].[Na+].[S-2]. The standard InChI is InChI=1S/C20H38O2S.3CH3.5ClH.2Na.S.2Sn/c1-2-3-4-5-6-7-8-9-10-11-12-13-14-15-16-17-20(21)22-18-19-23;;;;;;;;;;;;;/h9-10,23H,2-8,11-19H2,1H3;3*1H3;5*1H;;;;;/q;;;;;;;;;2*+1;-2;+2;+3/p-5/b10-9-;;;;;;;;;;;;;. The van der Waals surface area contributed by atoms with Crippen LogP contribution in [0.15, 0.2) is 12.2 Å². The minimum Gasteiger partial charge on any atom is -2.00 e. The molecule has 0 atom stereocenters. The summed E-state index contributed by atoms with van der Waals surface area (Å²) >= 11 is -0.986. The van der Waals surface area contributed by atoms with Gasteiger partial charge in [-0.1, -0.05) is 70.4 Å². The average molecular weight is 880 g/mol. The van der Waals surface area contributed by atoms with Gasteiger partial charge < -0.3 is 18.2 Å². The van der Waals surface area contributed by atoms with E-state index < -0.39 is 31.1 Å². The molecular formula is C23H47Cl5Na2O2S2Sn2. The van der Waals surface area contributed by atoms with E-state index >= 15 is 0 Å². The molecule has 2 nitrogen and oxygen atoms in total. The van der Waals surface area contributed by atoms with Crippen LogP contribution in [-0.2, 0) is 23.0 Å². The normalized spacial score (nSPS) is 10.5. The van der Waals surface area contributed by atoms with Gasteiger partial charge in [0.1, 0.15) is 6.61 Å². The van der Waals surface area contributed by atoms with Crippen molar-refractivity contribution in [3.05, 3.63) is 12.2 Å². The molecule has 0 heterocycles. The molecule has 36 heavy (non-hydrogen) atoms. The van der Waals surface area contributed by atoms with Gasteiger partial charge in [-0.05, 0) is 32.1 Å². The molecule has 0 N–H and O–H groups in total. The van der Waals surface area contributed by atoms with E-state index in [1.165, 1.54) is 70.6 Å². The van der Waals surface area contributed by atoms with Gasteiger partial charge in [-0.15, -0.1) is 0 Å². The zero-order valence-electron chi connectivity index (χ0n) is 23.5. The summed E-state index contributed by atoms with van der Waals surface area (Å²) in [5, 5.41) is 0. The molecule has 0 aliphatic heterocycles. The van der Waals surface area contributed by atoms with Crippen LogP contribution in [0.2, 0.25) is 14.8 Å². The summed E-state index contributed by atoms with van der Waals surface area (Å²) in [4.78, 5) is 16.8. The number of hydrogen-bond donors (Lipinski definition) is 1. The van der Waals surface area contributed by atoms with Crippen molar-refractivity contribution in [2.45, 2.75) is 112 Å². The number of esters is 1. The first-order valence-electron chi connectivity index (χ1n) is 12.2. The molecule has 0 spiro atoms. The van der Waals surface area contributed by atoms with Crippen LogP contribution >= 0.6 is 57.2 Å². The average Bonchev–Trinajstić information content (AvgIpc) is 2.66. The van der Waals surface area contributed by atoms with Crippen molar-refractivity contribution in [1.29, 1.82) is 0 Å². The Labute approximate surface area is 307 Å². The first-order valence-corrected chi connectivity index (χ1v) is 39.4. The Morgan fingerprint density at radius 1 is 0.750 bits per heavy atom. The largest absolute Gasteiger partial charge is 2.00 e. The van der Waals surface area contributed by atoms with E-state index in [9.17, 15) is 4.79 Å². The Kier molecular flexibility index (Phi) is 59.4. The molecule has 0 bridgehead atoms. The van der Waals surface area contributed by atoms with E-state index in [1.54, 1.807) is 4.94 Å². The number of carbonyl (C=O) groups excluding carboxylic acids is 1. The Balaban J connectivity index is -0.000000146. The van der Waals surface area contributed by atoms with Crippen LogP contribution < -0.4 is 59.1 Å². The van der Waals surface area contributed by atoms with E-state index in [0.717, 1.165) is 12.8 Å². The summed E-state index contributed by atoms with van der Waals surface area (Å²) in [7, 11) is 26.8. The van der Waals surface area contributed by atoms with Crippen LogP contribution in [0.3, 0.4) is 0 Å².